The van der Waals surface area contributed by atoms with E-state index in [1.165, 1.54) is 17.7 Å². The second kappa shape index (κ2) is 12.2. The lowest BCUT2D eigenvalue weighted by atomic mass is 9.87. The topological polar surface area (TPSA) is 58.6 Å². The maximum Gasteiger partial charge on any atom is 0.261 e. The Labute approximate surface area is 225 Å². The Balaban J connectivity index is 1.58. The van der Waals surface area contributed by atoms with Gasteiger partial charge in [-0.1, -0.05) is 68.8 Å². The molecule has 1 N–H and O–H groups in total. The van der Waals surface area contributed by atoms with Crippen LogP contribution in [0.3, 0.4) is 0 Å². The monoisotopic (exact) mass is 516 g/mol. The highest BCUT2D eigenvalue weighted by molar-refractivity contribution is 5.81. The average molecular weight is 517 g/mol. The number of halogens is 1. The first-order valence-corrected chi connectivity index (χ1v) is 13.4. The molecule has 2 atom stereocenters. The van der Waals surface area contributed by atoms with E-state index in [1.807, 2.05) is 30.0 Å². The van der Waals surface area contributed by atoms with Crippen molar-refractivity contribution in [2.24, 2.45) is 5.92 Å². The zero-order valence-electron chi connectivity index (χ0n) is 22.7. The summed E-state index contributed by atoms with van der Waals surface area (Å²) >= 11 is 0. The predicted octanol–water partition coefficient (Wildman–Crippen LogP) is 6.13. The lowest BCUT2D eigenvalue weighted by Crippen LogP contribution is -2.41. The molecule has 5 nitrogen and oxygen atoms in total. The molecule has 200 valence electrons. The highest BCUT2D eigenvalue weighted by Crippen LogP contribution is 2.38. The Morgan fingerprint density at radius 3 is 2.53 bits per heavy atom. The van der Waals surface area contributed by atoms with Crippen molar-refractivity contribution in [3.8, 4) is 5.75 Å². The number of carbonyl (C=O) groups is 2. The van der Waals surface area contributed by atoms with Crippen molar-refractivity contribution in [2.45, 2.75) is 65.6 Å². The quantitative estimate of drug-likeness (QED) is 0.372. The number of amides is 2. The van der Waals surface area contributed by atoms with Gasteiger partial charge in [0.2, 0.25) is 5.91 Å². The van der Waals surface area contributed by atoms with Crippen LogP contribution in [0.25, 0.3) is 0 Å². The summed E-state index contributed by atoms with van der Waals surface area (Å²) in [7, 11) is 0. The van der Waals surface area contributed by atoms with E-state index in [9.17, 15) is 14.0 Å². The maximum atomic E-state index is 13.5. The predicted molar refractivity (Wildman–Crippen MR) is 147 cm³/mol. The van der Waals surface area contributed by atoms with E-state index >= 15 is 0 Å². The molecule has 38 heavy (non-hydrogen) atoms. The van der Waals surface area contributed by atoms with Gasteiger partial charge in [0.1, 0.15) is 11.6 Å². The van der Waals surface area contributed by atoms with Gasteiger partial charge in [0.05, 0.1) is 6.04 Å². The zero-order chi connectivity index (χ0) is 27.2. The molecule has 1 heterocycles. The van der Waals surface area contributed by atoms with E-state index in [4.69, 9.17) is 4.74 Å². The third-order valence-electron chi connectivity index (χ3n) is 6.94. The minimum atomic E-state index is -0.693. The molecule has 0 aliphatic carbocycles. The molecule has 1 aliphatic heterocycles. The second-order valence-corrected chi connectivity index (χ2v) is 10.5. The highest BCUT2D eigenvalue weighted by atomic mass is 19.1. The molecule has 0 saturated carbocycles. The van der Waals surface area contributed by atoms with E-state index in [-0.39, 0.29) is 36.1 Å². The van der Waals surface area contributed by atoms with Gasteiger partial charge in [0.15, 0.2) is 6.10 Å². The Morgan fingerprint density at radius 2 is 1.84 bits per heavy atom. The number of carbonyl (C=O) groups excluding carboxylic acids is 2. The third kappa shape index (κ3) is 6.60. The standard InChI is InChI=1S/C32H37FN2O3/c1-5-29(32(37)34-20-23-7-6-8-26(33)18-23)38-27-14-13-24-15-16-35(30(36)17-21(2)3)31(28(24)19-27)25-11-9-22(4)10-12-25/h6-14,18-19,21,29,31H,5,15-17,20H2,1-4H3,(H,34,37)/t29-,31-/m0/s1. The number of rotatable bonds is 9. The van der Waals surface area contributed by atoms with Crippen molar-refractivity contribution in [1.82, 2.24) is 10.2 Å². The molecule has 0 fully saturated rings. The number of hydrogen-bond donors (Lipinski definition) is 1. The SMILES string of the molecule is CC[C@H](Oc1ccc2c(c1)[C@H](c1ccc(C)cc1)N(C(=O)CC(C)C)CC2)C(=O)NCc1cccc(F)c1. The molecule has 3 aromatic rings. The number of nitrogens with one attached hydrogen (secondary N) is 1. The van der Waals surface area contributed by atoms with Crippen LogP contribution in [-0.4, -0.2) is 29.4 Å². The summed E-state index contributed by atoms with van der Waals surface area (Å²) < 4.78 is 19.7. The number of hydrogen-bond acceptors (Lipinski definition) is 3. The largest absolute Gasteiger partial charge is 0.481 e. The minimum absolute atomic E-state index is 0.144. The molecule has 0 bridgehead atoms. The van der Waals surface area contributed by atoms with Crippen LogP contribution in [-0.2, 0) is 22.6 Å². The normalized spacial score (nSPS) is 15.6. The first-order chi connectivity index (χ1) is 18.2. The van der Waals surface area contributed by atoms with Crippen molar-refractivity contribution in [2.75, 3.05) is 6.54 Å². The molecule has 1 aliphatic rings. The van der Waals surface area contributed by atoms with Crippen LogP contribution < -0.4 is 10.1 Å². The maximum absolute atomic E-state index is 13.5. The molecular weight excluding hydrogens is 479 g/mol. The van der Waals surface area contributed by atoms with Crippen LogP contribution in [0.15, 0.2) is 66.7 Å². The lowest BCUT2D eigenvalue weighted by molar-refractivity contribution is -0.134. The van der Waals surface area contributed by atoms with Crippen molar-refractivity contribution < 1.29 is 18.7 Å². The fourth-order valence-corrected chi connectivity index (χ4v) is 4.95. The highest BCUT2D eigenvalue weighted by Gasteiger charge is 2.33. The zero-order valence-corrected chi connectivity index (χ0v) is 22.7. The van der Waals surface area contributed by atoms with Crippen molar-refractivity contribution >= 4 is 11.8 Å². The molecule has 0 spiro atoms. The van der Waals surface area contributed by atoms with Gasteiger partial charge in [-0.25, -0.2) is 4.39 Å². The fraction of sp³-hybridized carbons (Fsp3) is 0.375. The number of aryl methyl sites for hydroxylation is 1. The molecule has 0 unspecified atom stereocenters. The van der Waals surface area contributed by atoms with E-state index < -0.39 is 6.10 Å². The molecular formula is C32H37FN2O3. The van der Waals surface area contributed by atoms with Gasteiger partial charge < -0.3 is 15.0 Å². The molecule has 2 amide bonds. The van der Waals surface area contributed by atoms with Crippen LogP contribution in [0.5, 0.6) is 5.75 Å². The van der Waals surface area contributed by atoms with Crippen molar-refractivity contribution in [1.29, 1.82) is 0 Å². The van der Waals surface area contributed by atoms with E-state index in [1.54, 1.807) is 12.1 Å². The average Bonchev–Trinajstić information content (AvgIpc) is 2.90. The smallest absolute Gasteiger partial charge is 0.261 e. The van der Waals surface area contributed by atoms with Crippen LogP contribution >= 0.6 is 0 Å². The number of ether oxygens (including phenoxy) is 1. The van der Waals surface area contributed by atoms with Gasteiger partial charge in [0.25, 0.3) is 5.91 Å². The van der Waals surface area contributed by atoms with Gasteiger partial charge >= 0.3 is 0 Å². The second-order valence-electron chi connectivity index (χ2n) is 10.5. The molecule has 4 rings (SSSR count). The number of fused-ring (bicyclic) bond motifs is 1. The van der Waals surface area contributed by atoms with E-state index in [2.05, 4.69) is 50.4 Å². The molecule has 0 aromatic heterocycles. The first kappa shape index (κ1) is 27.4. The minimum Gasteiger partial charge on any atom is -0.481 e. The van der Waals surface area contributed by atoms with Crippen LogP contribution in [0, 0.1) is 18.7 Å². The summed E-state index contributed by atoms with van der Waals surface area (Å²) in [5, 5.41) is 2.86. The summed E-state index contributed by atoms with van der Waals surface area (Å²) in [6.07, 6.45) is 1.05. The summed E-state index contributed by atoms with van der Waals surface area (Å²) in [6, 6.07) is 20.2. The molecule has 3 aromatic carbocycles. The lowest BCUT2D eigenvalue weighted by Gasteiger charge is -2.38. The summed E-state index contributed by atoms with van der Waals surface area (Å²) in [5.74, 6) is 0.419. The summed E-state index contributed by atoms with van der Waals surface area (Å²) in [6.45, 7) is 8.96. The van der Waals surface area contributed by atoms with Crippen LogP contribution in [0.1, 0.15) is 67.5 Å². The van der Waals surface area contributed by atoms with Crippen molar-refractivity contribution in [3.05, 3.63) is 100 Å². The molecule has 6 heteroatoms. The Morgan fingerprint density at radius 1 is 1.08 bits per heavy atom. The Hall–Kier alpha value is -3.67. The van der Waals surface area contributed by atoms with E-state index in [0.29, 0.717) is 30.7 Å². The number of nitrogens with zero attached hydrogens (tertiary/aromatic N) is 1. The van der Waals surface area contributed by atoms with Crippen LogP contribution in [0.4, 0.5) is 4.39 Å². The van der Waals surface area contributed by atoms with Gasteiger partial charge in [-0.05, 0) is 72.2 Å². The molecule has 0 radical (unpaired) electrons. The van der Waals surface area contributed by atoms with Gasteiger partial charge in [-0.2, -0.15) is 0 Å². The first-order valence-electron chi connectivity index (χ1n) is 13.4. The Bertz CT molecular complexity index is 1270. The summed E-state index contributed by atoms with van der Waals surface area (Å²) in [4.78, 5) is 28.2. The van der Waals surface area contributed by atoms with Crippen LogP contribution in [0.2, 0.25) is 0 Å². The fourth-order valence-electron chi connectivity index (χ4n) is 4.95. The van der Waals surface area contributed by atoms with Gasteiger partial charge in [-0.3, -0.25) is 9.59 Å². The van der Waals surface area contributed by atoms with Gasteiger partial charge in [-0.15, -0.1) is 0 Å². The van der Waals surface area contributed by atoms with E-state index in [0.717, 1.165) is 23.1 Å². The number of benzene rings is 3. The molecule has 0 saturated heterocycles. The third-order valence-corrected chi connectivity index (χ3v) is 6.94. The Kier molecular flexibility index (Phi) is 8.82. The summed E-state index contributed by atoms with van der Waals surface area (Å²) in [5.41, 5.74) is 5.13. The van der Waals surface area contributed by atoms with Gasteiger partial charge in [0, 0.05) is 19.5 Å². The van der Waals surface area contributed by atoms with Crippen molar-refractivity contribution in [3.63, 3.8) is 0 Å².